The third kappa shape index (κ3) is 6.20. The van der Waals surface area contributed by atoms with Crippen LogP contribution in [-0.2, 0) is 27.1 Å². The summed E-state index contributed by atoms with van der Waals surface area (Å²) in [7, 11) is -3.58. The lowest BCUT2D eigenvalue weighted by atomic mass is 10.0. The molecule has 0 amide bonds. The smallest absolute Gasteiger partial charge is 0.243 e. The van der Waals surface area contributed by atoms with E-state index in [1.165, 1.54) is 17.8 Å². The van der Waals surface area contributed by atoms with Crippen molar-refractivity contribution < 1.29 is 17.5 Å². The maximum Gasteiger partial charge on any atom is 0.243 e. The number of aromatic nitrogens is 2. The summed E-state index contributed by atoms with van der Waals surface area (Å²) >= 11 is 7.30. The molecule has 0 spiro atoms. The second-order valence-electron chi connectivity index (χ2n) is 8.88. The van der Waals surface area contributed by atoms with Gasteiger partial charge in [0.05, 0.1) is 15.9 Å². The fraction of sp³-hybridized carbons (Fsp3) is 0.480. The number of fused-ring (bicyclic) bond motifs is 1. The first-order chi connectivity index (χ1) is 16.8. The minimum Gasteiger partial charge on any atom is -0.382 e. The Bertz CT molecular complexity index is 1280. The predicted octanol–water partition coefficient (Wildman–Crippen LogP) is 5.97. The molecule has 35 heavy (non-hydrogen) atoms. The Morgan fingerprint density at radius 1 is 1.26 bits per heavy atom. The van der Waals surface area contributed by atoms with E-state index < -0.39 is 10.0 Å². The topological polar surface area (TPSA) is 64.4 Å². The van der Waals surface area contributed by atoms with Crippen molar-refractivity contribution in [3.8, 4) is 0 Å². The van der Waals surface area contributed by atoms with Gasteiger partial charge in [-0.3, -0.25) is 0 Å². The number of piperidine rings is 1. The van der Waals surface area contributed by atoms with Crippen LogP contribution in [0.5, 0.6) is 0 Å². The van der Waals surface area contributed by atoms with Gasteiger partial charge in [-0.15, -0.1) is 0 Å². The molecule has 190 valence electrons. The Kier molecular flexibility index (Phi) is 8.76. The van der Waals surface area contributed by atoms with E-state index >= 15 is 0 Å². The van der Waals surface area contributed by atoms with Crippen LogP contribution in [0, 0.1) is 11.7 Å². The summed E-state index contributed by atoms with van der Waals surface area (Å²) in [6.07, 6.45) is 2.71. The van der Waals surface area contributed by atoms with Crippen molar-refractivity contribution >= 4 is 44.4 Å². The van der Waals surface area contributed by atoms with Crippen molar-refractivity contribution in [2.75, 3.05) is 26.3 Å². The zero-order valence-electron chi connectivity index (χ0n) is 20.0. The number of benzene rings is 2. The Balaban J connectivity index is 1.63. The lowest BCUT2D eigenvalue weighted by Gasteiger charge is -2.30. The molecule has 1 fully saturated rings. The van der Waals surface area contributed by atoms with E-state index in [0.29, 0.717) is 65.8 Å². The molecule has 0 N–H and O–H groups in total. The molecule has 0 radical (unpaired) electrons. The highest BCUT2D eigenvalue weighted by Crippen LogP contribution is 2.31. The van der Waals surface area contributed by atoms with Gasteiger partial charge in [-0.05, 0) is 68.0 Å². The van der Waals surface area contributed by atoms with Gasteiger partial charge in [0.15, 0.2) is 5.16 Å². The van der Waals surface area contributed by atoms with Crippen molar-refractivity contribution in [2.24, 2.45) is 5.92 Å². The third-order valence-electron chi connectivity index (χ3n) is 6.19. The van der Waals surface area contributed by atoms with Gasteiger partial charge in [0.1, 0.15) is 5.82 Å². The molecular formula is C25H31ClFN3O3S2. The van der Waals surface area contributed by atoms with Gasteiger partial charge in [0.25, 0.3) is 0 Å². The number of nitrogens with zero attached hydrogens (tertiary/aromatic N) is 3. The summed E-state index contributed by atoms with van der Waals surface area (Å²) in [5.41, 5.74) is 2.01. The molecule has 0 aliphatic carbocycles. The molecular weight excluding hydrogens is 509 g/mol. The standard InChI is InChI=1S/C25H31ClFN3O3S2/c1-3-33-13-5-12-30-24-10-9-21(35(31,32)29-11-4-6-18(2)16-29)15-23(24)28-25(30)34-17-19-7-8-20(26)14-22(19)27/h7-10,14-15,18H,3-6,11-13,16-17H2,1-2H3/t18-/m1/s1. The Hall–Kier alpha value is -1.65. The fourth-order valence-corrected chi connectivity index (χ4v) is 7.14. The Morgan fingerprint density at radius 3 is 2.83 bits per heavy atom. The zero-order valence-corrected chi connectivity index (χ0v) is 22.4. The molecule has 0 bridgehead atoms. The molecule has 10 heteroatoms. The van der Waals surface area contributed by atoms with Crippen LogP contribution in [0.4, 0.5) is 4.39 Å². The van der Waals surface area contributed by atoms with Gasteiger partial charge in [0.2, 0.25) is 10.0 Å². The van der Waals surface area contributed by atoms with E-state index in [1.54, 1.807) is 28.6 Å². The zero-order chi connectivity index (χ0) is 25.0. The second kappa shape index (κ2) is 11.6. The minimum atomic E-state index is -3.58. The SMILES string of the molecule is CCOCCCn1c(SCc2ccc(Cl)cc2F)nc2cc(S(=O)(=O)N3CCC[C@@H](C)C3)ccc21. The lowest BCUT2D eigenvalue weighted by molar-refractivity contribution is 0.141. The number of aryl methyl sites for hydroxylation is 1. The van der Waals surface area contributed by atoms with Gasteiger partial charge in [-0.25, -0.2) is 17.8 Å². The first-order valence-electron chi connectivity index (χ1n) is 11.9. The molecule has 1 atom stereocenters. The van der Waals surface area contributed by atoms with Crippen molar-refractivity contribution in [1.29, 1.82) is 0 Å². The van der Waals surface area contributed by atoms with Crippen LogP contribution in [0.25, 0.3) is 11.0 Å². The van der Waals surface area contributed by atoms with Crippen LogP contribution in [-0.4, -0.2) is 48.6 Å². The molecule has 0 saturated carbocycles. The number of imidazole rings is 1. The summed E-state index contributed by atoms with van der Waals surface area (Å²) in [5, 5.41) is 1.07. The highest BCUT2D eigenvalue weighted by Gasteiger charge is 2.29. The highest BCUT2D eigenvalue weighted by atomic mass is 35.5. The number of rotatable bonds is 10. The normalized spacial score (nSPS) is 17.3. The summed E-state index contributed by atoms with van der Waals surface area (Å²) < 4.78 is 50.1. The monoisotopic (exact) mass is 539 g/mol. The average Bonchev–Trinajstić information content (AvgIpc) is 3.18. The van der Waals surface area contributed by atoms with Crippen molar-refractivity contribution in [2.45, 2.75) is 55.5 Å². The van der Waals surface area contributed by atoms with E-state index in [1.807, 2.05) is 13.0 Å². The summed E-state index contributed by atoms with van der Waals surface area (Å²) in [6, 6.07) is 9.82. The maximum absolute atomic E-state index is 14.3. The summed E-state index contributed by atoms with van der Waals surface area (Å²) in [6.45, 7) is 7.06. The van der Waals surface area contributed by atoms with Gasteiger partial charge in [-0.1, -0.05) is 36.4 Å². The molecule has 1 saturated heterocycles. The largest absolute Gasteiger partial charge is 0.382 e. The van der Waals surface area contributed by atoms with Gasteiger partial charge in [0, 0.05) is 43.6 Å². The molecule has 3 aromatic rings. The second-order valence-corrected chi connectivity index (χ2v) is 12.2. The van der Waals surface area contributed by atoms with E-state index in [2.05, 4.69) is 11.5 Å². The van der Waals surface area contributed by atoms with Crippen LogP contribution in [0.3, 0.4) is 0 Å². The number of hydrogen-bond donors (Lipinski definition) is 0. The fourth-order valence-electron chi connectivity index (χ4n) is 4.34. The van der Waals surface area contributed by atoms with E-state index in [9.17, 15) is 12.8 Å². The quantitative estimate of drug-likeness (QED) is 0.235. The Labute approximate surface area is 215 Å². The number of hydrogen-bond acceptors (Lipinski definition) is 5. The van der Waals surface area contributed by atoms with Crippen LogP contribution in [0.1, 0.15) is 38.7 Å². The van der Waals surface area contributed by atoms with Crippen molar-refractivity contribution in [3.63, 3.8) is 0 Å². The molecule has 6 nitrogen and oxygen atoms in total. The van der Waals surface area contributed by atoms with Gasteiger partial charge >= 0.3 is 0 Å². The minimum absolute atomic E-state index is 0.262. The van der Waals surface area contributed by atoms with Crippen LogP contribution < -0.4 is 0 Å². The first kappa shape index (κ1) is 26.4. The molecule has 1 aliphatic heterocycles. The van der Waals surface area contributed by atoms with E-state index in [4.69, 9.17) is 21.3 Å². The first-order valence-corrected chi connectivity index (χ1v) is 14.7. The summed E-state index contributed by atoms with van der Waals surface area (Å²) in [5.74, 6) is 0.380. The number of halogens is 2. The summed E-state index contributed by atoms with van der Waals surface area (Å²) in [4.78, 5) is 5.02. The molecule has 0 unspecified atom stereocenters. The molecule has 2 heterocycles. The highest BCUT2D eigenvalue weighted by molar-refractivity contribution is 7.98. The Morgan fingerprint density at radius 2 is 2.09 bits per heavy atom. The van der Waals surface area contributed by atoms with Crippen molar-refractivity contribution in [1.82, 2.24) is 13.9 Å². The van der Waals surface area contributed by atoms with Gasteiger partial charge in [-0.2, -0.15) is 4.31 Å². The molecule has 1 aromatic heterocycles. The maximum atomic E-state index is 14.3. The van der Waals surface area contributed by atoms with Gasteiger partial charge < -0.3 is 9.30 Å². The number of ether oxygens (including phenoxy) is 1. The van der Waals surface area contributed by atoms with E-state index in [0.717, 1.165) is 24.8 Å². The average molecular weight is 540 g/mol. The lowest BCUT2D eigenvalue weighted by Crippen LogP contribution is -2.39. The molecule has 2 aromatic carbocycles. The van der Waals surface area contributed by atoms with Crippen LogP contribution in [0.15, 0.2) is 46.5 Å². The van der Waals surface area contributed by atoms with Crippen LogP contribution in [0.2, 0.25) is 5.02 Å². The van der Waals surface area contributed by atoms with Crippen molar-refractivity contribution in [3.05, 3.63) is 52.8 Å². The molecule has 1 aliphatic rings. The number of thioether (sulfide) groups is 1. The molecule has 4 rings (SSSR count). The van der Waals surface area contributed by atoms with Crippen LogP contribution >= 0.6 is 23.4 Å². The third-order valence-corrected chi connectivity index (χ3v) is 9.31. The predicted molar refractivity (Wildman–Crippen MR) is 139 cm³/mol. The number of sulfonamides is 1. The van der Waals surface area contributed by atoms with E-state index in [-0.39, 0.29) is 10.7 Å².